The summed E-state index contributed by atoms with van der Waals surface area (Å²) >= 11 is 0. The Morgan fingerprint density at radius 3 is 2.59 bits per heavy atom. The molecule has 1 aromatic carbocycles. The summed E-state index contributed by atoms with van der Waals surface area (Å²) in [5.41, 5.74) is 0.603. The molecule has 2 rings (SSSR count). The maximum atomic E-state index is 12.9. The van der Waals surface area contributed by atoms with E-state index < -0.39 is 19.2 Å². The van der Waals surface area contributed by atoms with Gasteiger partial charge in [0, 0.05) is 6.54 Å². The first kappa shape index (κ1) is 25.4. The van der Waals surface area contributed by atoms with Crippen molar-refractivity contribution in [1.82, 2.24) is 10.2 Å². The van der Waals surface area contributed by atoms with Crippen molar-refractivity contribution in [2.45, 2.75) is 58.4 Å². The number of benzene rings is 1. The number of hydrogen-bond acceptors (Lipinski definition) is 6. The molecule has 2 unspecified atom stereocenters. The summed E-state index contributed by atoms with van der Waals surface area (Å²) in [6, 6.07) is 10.8. The fraction of sp³-hybridized carbons (Fsp3) is 0.522. The zero-order chi connectivity index (χ0) is 23.7. The van der Waals surface area contributed by atoms with E-state index in [1.807, 2.05) is 57.2 Å². The third kappa shape index (κ3) is 8.02. The molecule has 2 amide bonds. The van der Waals surface area contributed by atoms with E-state index in [0.29, 0.717) is 13.0 Å². The molecule has 0 saturated carbocycles. The molecule has 8 nitrogen and oxygen atoms in total. The molecule has 172 valence electrons. The number of nitrogens with one attached hydrogen (secondary N) is 1. The van der Waals surface area contributed by atoms with E-state index in [1.165, 1.54) is 0 Å². The minimum atomic E-state index is -1.75. The molecule has 9 heteroatoms. The van der Waals surface area contributed by atoms with Crippen molar-refractivity contribution in [3.05, 3.63) is 47.5 Å². The predicted octanol–water partition coefficient (Wildman–Crippen LogP) is 2.21. The Morgan fingerprint density at radius 1 is 1.31 bits per heavy atom. The molecule has 0 aromatic heterocycles. The lowest BCUT2D eigenvalue weighted by molar-refractivity contribution is -0.131. The van der Waals surface area contributed by atoms with Crippen LogP contribution in [0.2, 0.25) is 0 Å². The Kier molecular flexibility index (Phi) is 9.30. The van der Waals surface area contributed by atoms with Gasteiger partial charge in [-0.25, -0.2) is 4.79 Å². The van der Waals surface area contributed by atoms with Crippen LogP contribution in [0.25, 0.3) is 0 Å². The van der Waals surface area contributed by atoms with E-state index in [4.69, 9.17) is 4.74 Å². The van der Waals surface area contributed by atoms with E-state index in [0.717, 1.165) is 18.4 Å². The van der Waals surface area contributed by atoms with Gasteiger partial charge in [0.2, 0.25) is 0 Å². The van der Waals surface area contributed by atoms with Crippen LogP contribution in [0.15, 0.2) is 42.0 Å². The van der Waals surface area contributed by atoms with Crippen molar-refractivity contribution in [2.75, 3.05) is 13.2 Å². The van der Waals surface area contributed by atoms with Crippen LogP contribution in [-0.2, 0) is 16.0 Å². The highest BCUT2D eigenvalue weighted by molar-refractivity contribution is 6.43. The first-order valence-corrected chi connectivity index (χ1v) is 10.9. The fourth-order valence-electron chi connectivity index (χ4n) is 3.63. The van der Waals surface area contributed by atoms with Gasteiger partial charge in [-0.15, -0.1) is 0 Å². The average Bonchev–Trinajstić information content (AvgIpc) is 2.75. The Balaban J connectivity index is 1.99. The van der Waals surface area contributed by atoms with Gasteiger partial charge in [0.05, 0.1) is 12.0 Å². The van der Waals surface area contributed by atoms with Gasteiger partial charge < -0.3 is 25.0 Å². The van der Waals surface area contributed by atoms with Crippen LogP contribution in [0.5, 0.6) is 0 Å². The Labute approximate surface area is 190 Å². The van der Waals surface area contributed by atoms with Crippen molar-refractivity contribution in [1.29, 1.82) is 5.26 Å². The summed E-state index contributed by atoms with van der Waals surface area (Å²) in [7, 11) is -1.75. The molecule has 1 fully saturated rings. The number of hydrogen-bond donors (Lipinski definition) is 3. The van der Waals surface area contributed by atoms with Crippen LogP contribution in [0.4, 0.5) is 4.79 Å². The smallest absolute Gasteiger partial charge is 0.447 e. The van der Waals surface area contributed by atoms with Gasteiger partial charge in [0.1, 0.15) is 18.2 Å². The van der Waals surface area contributed by atoms with Gasteiger partial charge in [0.15, 0.2) is 0 Å². The number of piperidine rings is 1. The zero-order valence-electron chi connectivity index (χ0n) is 19.0. The molecular formula is C23H32BN3O5. The van der Waals surface area contributed by atoms with Gasteiger partial charge >= 0.3 is 13.2 Å². The highest BCUT2D eigenvalue weighted by Crippen LogP contribution is 2.23. The molecule has 0 bridgehead atoms. The standard InChI is InChI=1S/C23H32BN3O5/c1-23(2,3)14-18(15-25)21(28)27-12-8-7-11-19(27)16-32-22(29)26-20(24(30)31)13-17-9-5-4-6-10-17/h4-6,9-10,14,19-20,30-31H,7-8,11-13,16H2,1-3H3,(H,26,29). The molecule has 1 heterocycles. The molecule has 1 aliphatic rings. The number of nitrogens with zero attached hydrogens (tertiary/aromatic N) is 2. The minimum Gasteiger partial charge on any atom is -0.447 e. The monoisotopic (exact) mass is 441 g/mol. The Bertz CT molecular complexity index is 845. The summed E-state index contributed by atoms with van der Waals surface area (Å²) in [5.74, 6) is -1.29. The summed E-state index contributed by atoms with van der Waals surface area (Å²) in [5, 5.41) is 31.2. The Hall–Kier alpha value is -2.83. The number of amides is 2. The van der Waals surface area contributed by atoms with Gasteiger partial charge in [-0.05, 0) is 36.7 Å². The molecule has 1 aromatic rings. The van der Waals surface area contributed by atoms with Crippen LogP contribution in [0.1, 0.15) is 45.6 Å². The van der Waals surface area contributed by atoms with Crippen LogP contribution in [-0.4, -0.2) is 59.2 Å². The third-order valence-electron chi connectivity index (χ3n) is 5.18. The van der Waals surface area contributed by atoms with E-state index in [9.17, 15) is 24.9 Å². The van der Waals surface area contributed by atoms with Crippen LogP contribution >= 0.6 is 0 Å². The third-order valence-corrected chi connectivity index (χ3v) is 5.18. The maximum Gasteiger partial charge on any atom is 0.475 e. The van der Waals surface area contributed by atoms with Crippen molar-refractivity contribution in [2.24, 2.45) is 5.41 Å². The highest BCUT2D eigenvalue weighted by atomic mass is 16.5. The number of carbonyl (C=O) groups is 2. The summed E-state index contributed by atoms with van der Waals surface area (Å²) < 4.78 is 5.33. The SMILES string of the molecule is CC(C)(C)C=C(C#N)C(=O)N1CCCCC1COC(=O)NC(Cc1ccccc1)B(O)O. The maximum absolute atomic E-state index is 12.9. The highest BCUT2D eigenvalue weighted by Gasteiger charge is 2.31. The first-order chi connectivity index (χ1) is 15.1. The molecule has 1 aliphatic heterocycles. The van der Waals surface area contributed by atoms with Crippen LogP contribution in [0, 0.1) is 16.7 Å². The first-order valence-electron chi connectivity index (χ1n) is 10.9. The Morgan fingerprint density at radius 2 is 2.00 bits per heavy atom. The van der Waals surface area contributed by atoms with E-state index in [2.05, 4.69) is 5.32 Å². The minimum absolute atomic E-state index is 0.0363. The molecule has 1 saturated heterocycles. The normalized spacial score (nSPS) is 17.8. The molecule has 0 aliphatic carbocycles. The summed E-state index contributed by atoms with van der Waals surface area (Å²) in [6.45, 7) is 6.20. The summed E-state index contributed by atoms with van der Waals surface area (Å²) in [4.78, 5) is 26.9. The van der Waals surface area contributed by atoms with Crippen molar-refractivity contribution >= 4 is 19.1 Å². The number of alkyl carbamates (subject to hydrolysis) is 1. The molecule has 0 spiro atoms. The average molecular weight is 441 g/mol. The fourth-order valence-corrected chi connectivity index (χ4v) is 3.63. The van der Waals surface area contributed by atoms with Crippen LogP contribution in [0.3, 0.4) is 0 Å². The molecule has 2 atom stereocenters. The largest absolute Gasteiger partial charge is 0.475 e. The number of allylic oxidation sites excluding steroid dienone is 1. The van der Waals surface area contributed by atoms with Crippen LogP contribution < -0.4 is 5.32 Å². The number of carbonyl (C=O) groups excluding carboxylic acids is 2. The molecule has 0 radical (unpaired) electrons. The molecule has 32 heavy (non-hydrogen) atoms. The topological polar surface area (TPSA) is 123 Å². The van der Waals surface area contributed by atoms with E-state index in [1.54, 1.807) is 11.0 Å². The lowest BCUT2D eigenvalue weighted by Gasteiger charge is -2.35. The second-order valence-corrected chi connectivity index (χ2v) is 9.14. The molecule has 3 N–H and O–H groups in total. The lowest BCUT2D eigenvalue weighted by atomic mass is 9.76. The van der Waals surface area contributed by atoms with E-state index in [-0.39, 0.29) is 36.0 Å². The summed E-state index contributed by atoms with van der Waals surface area (Å²) in [6.07, 6.45) is 3.46. The second-order valence-electron chi connectivity index (χ2n) is 9.14. The van der Waals surface area contributed by atoms with Crippen molar-refractivity contribution < 1.29 is 24.4 Å². The van der Waals surface area contributed by atoms with E-state index >= 15 is 0 Å². The van der Waals surface area contributed by atoms with Crippen molar-refractivity contribution in [3.8, 4) is 6.07 Å². The van der Waals surface area contributed by atoms with Gasteiger partial charge in [-0.2, -0.15) is 5.26 Å². The number of ether oxygens (including phenoxy) is 1. The van der Waals surface area contributed by atoms with Crippen molar-refractivity contribution in [3.63, 3.8) is 0 Å². The molecular weight excluding hydrogens is 409 g/mol. The lowest BCUT2D eigenvalue weighted by Crippen LogP contribution is -2.50. The predicted molar refractivity (Wildman–Crippen MR) is 121 cm³/mol. The quantitative estimate of drug-likeness (QED) is 0.339. The number of likely N-dealkylation sites (tertiary alicyclic amines) is 1. The zero-order valence-corrected chi connectivity index (χ0v) is 19.0. The number of rotatable bonds is 7. The van der Waals surface area contributed by atoms with Gasteiger partial charge in [0.25, 0.3) is 5.91 Å². The van der Waals surface area contributed by atoms with Gasteiger partial charge in [-0.3, -0.25) is 4.79 Å². The number of nitriles is 1. The second kappa shape index (κ2) is 11.7. The van der Waals surface area contributed by atoms with Gasteiger partial charge in [-0.1, -0.05) is 57.2 Å².